The number of ether oxygens (including phenoxy) is 8. The van der Waals surface area contributed by atoms with Crippen molar-refractivity contribution in [1.82, 2.24) is 0 Å². The quantitative estimate of drug-likeness (QED) is 0.107. The molecule has 18 nitrogen and oxygen atoms in total. The number of fused-ring (bicyclic) bond motifs is 7. The molecule has 0 bridgehead atoms. The largest absolute Gasteiger partial charge is 0.394 e. The molecule has 64 heavy (non-hydrogen) atoms. The smallest absolute Gasteiger partial charge is 0.187 e. The first-order chi connectivity index (χ1) is 30.3. The third-order valence-electron chi connectivity index (χ3n) is 17.7. The molecule has 0 aromatic heterocycles. The fourth-order valence-corrected chi connectivity index (χ4v) is 13.8. The van der Waals surface area contributed by atoms with Crippen molar-refractivity contribution >= 4 is 0 Å². The molecule has 4 heterocycles. The molecule has 4 saturated heterocycles. The Bertz CT molecular complexity index is 1620. The van der Waals surface area contributed by atoms with Gasteiger partial charge in [0, 0.05) is 19.4 Å². The lowest BCUT2D eigenvalue weighted by atomic mass is 9.47. The second kappa shape index (κ2) is 19.1. The molecule has 26 atom stereocenters. The fraction of sp³-hybridized carbons (Fsp3) is 0.957. The average Bonchev–Trinajstić information content (AvgIpc) is 3.74. The fourth-order valence-electron chi connectivity index (χ4n) is 13.8. The van der Waals surface area contributed by atoms with Crippen molar-refractivity contribution in [3.05, 3.63) is 11.6 Å². The highest BCUT2D eigenvalue weighted by Gasteiger charge is 2.68. The summed E-state index contributed by atoms with van der Waals surface area (Å²) in [6.07, 6.45) is -10.5. The van der Waals surface area contributed by atoms with Crippen molar-refractivity contribution in [1.29, 1.82) is 0 Å². The van der Waals surface area contributed by atoms with Gasteiger partial charge in [-0.25, -0.2) is 0 Å². The summed E-state index contributed by atoms with van der Waals surface area (Å²) in [6.45, 7) is 9.84. The molecule has 8 aliphatic rings. The summed E-state index contributed by atoms with van der Waals surface area (Å²) in [5.41, 5.74) is 1.36. The van der Waals surface area contributed by atoms with Crippen molar-refractivity contribution in [3.8, 4) is 0 Å². The highest BCUT2D eigenvalue weighted by atomic mass is 16.8. The molecule has 0 spiro atoms. The van der Waals surface area contributed by atoms with Gasteiger partial charge in [-0.3, -0.25) is 0 Å². The number of aliphatic hydroxyl groups excluding tert-OH is 10. The van der Waals surface area contributed by atoms with Gasteiger partial charge in [-0.2, -0.15) is 0 Å². The van der Waals surface area contributed by atoms with Crippen molar-refractivity contribution in [3.63, 3.8) is 0 Å². The maximum Gasteiger partial charge on any atom is 0.187 e. The molecule has 0 amide bonds. The van der Waals surface area contributed by atoms with E-state index in [-0.39, 0.29) is 41.5 Å². The maximum atomic E-state index is 11.2. The highest BCUT2D eigenvalue weighted by Crippen LogP contribution is 2.70. The molecule has 8 rings (SSSR count). The normalized spacial score (nSPS) is 54.3. The lowest BCUT2D eigenvalue weighted by Crippen LogP contribution is -2.64. The molecule has 0 aromatic rings. The molecule has 0 unspecified atom stereocenters. The Balaban J connectivity index is 0.896. The second-order valence-corrected chi connectivity index (χ2v) is 21.2. The molecule has 4 aliphatic heterocycles. The lowest BCUT2D eigenvalue weighted by molar-refractivity contribution is -0.369. The Morgan fingerprint density at radius 1 is 0.750 bits per heavy atom. The van der Waals surface area contributed by atoms with Crippen LogP contribution in [0.25, 0.3) is 0 Å². The van der Waals surface area contributed by atoms with Crippen LogP contribution in [0.3, 0.4) is 0 Å². The van der Waals surface area contributed by atoms with Gasteiger partial charge in [0.05, 0.1) is 38.1 Å². The summed E-state index contributed by atoms with van der Waals surface area (Å²) in [7, 11) is 1.73. The van der Waals surface area contributed by atoms with E-state index in [0.29, 0.717) is 49.4 Å². The van der Waals surface area contributed by atoms with E-state index in [1.165, 1.54) is 12.5 Å². The Kier molecular flexibility index (Phi) is 14.7. The zero-order valence-corrected chi connectivity index (χ0v) is 38.1. The van der Waals surface area contributed by atoms with Gasteiger partial charge in [-0.05, 0) is 98.7 Å². The number of hydrogen-bond acceptors (Lipinski definition) is 18. The van der Waals surface area contributed by atoms with Crippen LogP contribution >= 0.6 is 0 Å². The molecule has 18 heteroatoms. The molecular weight excluding hydrogens is 840 g/mol. The van der Waals surface area contributed by atoms with Gasteiger partial charge >= 0.3 is 0 Å². The van der Waals surface area contributed by atoms with Crippen LogP contribution in [0.2, 0.25) is 0 Å². The van der Waals surface area contributed by atoms with Crippen molar-refractivity contribution < 1.29 is 89.0 Å². The first-order valence-electron chi connectivity index (χ1n) is 23.8. The van der Waals surface area contributed by atoms with Crippen LogP contribution in [0.15, 0.2) is 11.6 Å². The molecule has 10 N–H and O–H groups in total. The molecule has 0 radical (unpaired) electrons. The van der Waals surface area contributed by atoms with Crippen molar-refractivity contribution in [2.45, 2.75) is 203 Å². The number of aliphatic hydroxyl groups is 10. The summed E-state index contributed by atoms with van der Waals surface area (Å²) in [5.74, 6) is 1.17. The van der Waals surface area contributed by atoms with Gasteiger partial charge in [0.15, 0.2) is 24.7 Å². The van der Waals surface area contributed by atoms with E-state index in [1.807, 2.05) is 6.92 Å². The standard InChI is InChI=1S/C46H76O18/c1-20(19-58-41-38(55)36(53)33(50)29(17-47)61-41)9-14-46(57-6)21(2)31-28(64-46)16-27-25-8-7-23-15-24(10-12-44(23,4)26(25)11-13-45(27,31)5)60-43-40(37(54)34(51)30(18-48)62-43)63-42-39(56)35(52)32(49)22(3)59-42/h7,20-22,24-43,47-56H,8-19H2,1-6H3/t20-,21-,22-,24-,25+,26-,27+,28-,29+,30+,31-,32-,33+,34+,35+,36-,37-,38+,39+,40+,41+,42-,43+,44-,45-,46+/m0/s1. The molecular formula is C46H76O18. The van der Waals surface area contributed by atoms with Gasteiger partial charge < -0.3 is 89.0 Å². The van der Waals surface area contributed by atoms with Crippen LogP contribution in [0.4, 0.5) is 0 Å². The molecule has 7 fully saturated rings. The Hall–Kier alpha value is -0.980. The SMILES string of the molecule is CO[C@]1(CC[C@H](C)CO[C@@H]2O[C@H](CO)[C@@H](O)[C@H](O)[C@H]2O)O[C@H]2C[C@@H]3[C@@H]4CC=C5C[C@@H](O[C@@H]6O[C@H](CO)[C@@H](O)[C@H](O)[C@H]6O[C@@H]6O[C@@H](C)[C@H](O)[C@@H](O)[C@H]6O)CC[C@]5(C)[C@H]4CC[C@]3(C)[C@H]2[C@@H]1C. The topological polar surface area (TPSA) is 276 Å². The summed E-state index contributed by atoms with van der Waals surface area (Å²) >= 11 is 0. The molecule has 0 aromatic carbocycles. The van der Waals surface area contributed by atoms with E-state index in [0.717, 1.165) is 32.1 Å². The Morgan fingerprint density at radius 2 is 1.41 bits per heavy atom. The van der Waals surface area contributed by atoms with Crippen LogP contribution in [0.5, 0.6) is 0 Å². The number of rotatable bonds is 13. The average molecular weight is 917 g/mol. The Morgan fingerprint density at radius 3 is 2.09 bits per heavy atom. The summed E-state index contributed by atoms with van der Waals surface area (Å²) in [6, 6.07) is 0. The predicted octanol–water partition coefficient (Wildman–Crippen LogP) is -0.177. The maximum absolute atomic E-state index is 11.2. The van der Waals surface area contributed by atoms with Crippen LogP contribution in [0.1, 0.15) is 92.4 Å². The predicted molar refractivity (Wildman–Crippen MR) is 222 cm³/mol. The number of allylic oxidation sites excluding steroid dienone is 1. The van der Waals surface area contributed by atoms with E-state index in [9.17, 15) is 51.1 Å². The van der Waals surface area contributed by atoms with E-state index in [4.69, 9.17) is 37.9 Å². The number of hydrogen-bond donors (Lipinski definition) is 10. The minimum atomic E-state index is -1.64. The zero-order chi connectivity index (χ0) is 46.2. The van der Waals surface area contributed by atoms with E-state index >= 15 is 0 Å². The van der Waals surface area contributed by atoms with Gasteiger partial charge in [-0.15, -0.1) is 0 Å². The van der Waals surface area contributed by atoms with Gasteiger partial charge in [-0.1, -0.05) is 39.3 Å². The summed E-state index contributed by atoms with van der Waals surface area (Å²) < 4.78 is 48.9. The first kappa shape index (κ1) is 49.4. The van der Waals surface area contributed by atoms with E-state index in [1.54, 1.807) is 7.11 Å². The first-order valence-corrected chi connectivity index (χ1v) is 23.8. The van der Waals surface area contributed by atoms with E-state index in [2.05, 4.69) is 26.8 Å². The van der Waals surface area contributed by atoms with E-state index < -0.39 is 111 Å². The third kappa shape index (κ3) is 8.48. The van der Waals surface area contributed by atoms with Crippen LogP contribution in [-0.4, -0.2) is 188 Å². The molecule has 3 saturated carbocycles. The number of methoxy groups -OCH3 is 1. The van der Waals surface area contributed by atoms with Crippen LogP contribution < -0.4 is 0 Å². The highest BCUT2D eigenvalue weighted by molar-refractivity contribution is 5.26. The zero-order valence-electron chi connectivity index (χ0n) is 38.1. The summed E-state index contributed by atoms with van der Waals surface area (Å²) in [4.78, 5) is 0. The van der Waals surface area contributed by atoms with Gasteiger partial charge in [0.25, 0.3) is 0 Å². The second-order valence-electron chi connectivity index (χ2n) is 21.2. The minimum absolute atomic E-state index is 0.0284. The molecule has 368 valence electrons. The van der Waals surface area contributed by atoms with Crippen LogP contribution in [0, 0.1) is 46.3 Å². The monoisotopic (exact) mass is 917 g/mol. The third-order valence-corrected chi connectivity index (χ3v) is 17.7. The summed E-state index contributed by atoms with van der Waals surface area (Å²) in [5, 5.41) is 104. The van der Waals surface area contributed by atoms with Gasteiger partial charge in [0.2, 0.25) is 0 Å². The Labute approximate surface area is 375 Å². The van der Waals surface area contributed by atoms with Crippen LogP contribution in [-0.2, 0) is 37.9 Å². The van der Waals surface area contributed by atoms with Crippen molar-refractivity contribution in [2.24, 2.45) is 46.3 Å². The van der Waals surface area contributed by atoms with Gasteiger partial charge in [0.1, 0.15) is 67.1 Å². The minimum Gasteiger partial charge on any atom is -0.394 e. The van der Waals surface area contributed by atoms with Crippen molar-refractivity contribution in [2.75, 3.05) is 26.9 Å². The molecule has 4 aliphatic carbocycles. The lowest BCUT2D eigenvalue weighted by Gasteiger charge is -2.58.